The molecule has 0 spiro atoms. The third kappa shape index (κ3) is 8.42. The second kappa shape index (κ2) is 11.2. The third-order valence-corrected chi connectivity index (χ3v) is 3.63. The fourth-order valence-corrected chi connectivity index (χ4v) is 2.44. The van der Waals surface area contributed by atoms with Crippen molar-refractivity contribution in [1.29, 1.82) is 0 Å². The third-order valence-electron chi connectivity index (χ3n) is 2.68. The smallest absolute Gasteiger partial charge is 0.191 e. The van der Waals surface area contributed by atoms with Crippen LogP contribution in [0.15, 0.2) is 4.99 Å². The molecule has 0 atom stereocenters. The number of aliphatic imine (C=N–C) groups is 1. The van der Waals surface area contributed by atoms with Crippen molar-refractivity contribution in [2.75, 3.05) is 44.4 Å². The molecule has 0 bridgehead atoms. The van der Waals surface area contributed by atoms with Crippen LogP contribution in [0.3, 0.4) is 0 Å². The average Bonchev–Trinajstić information content (AvgIpc) is 2.34. The van der Waals surface area contributed by atoms with E-state index in [9.17, 15) is 0 Å². The highest BCUT2D eigenvalue weighted by Crippen LogP contribution is 2.08. The summed E-state index contributed by atoms with van der Waals surface area (Å²) in [6.45, 7) is 8.63. The monoisotopic (exact) mass is 387 g/mol. The molecule has 18 heavy (non-hydrogen) atoms. The van der Waals surface area contributed by atoms with Gasteiger partial charge in [0.2, 0.25) is 0 Å². The number of halogens is 1. The Labute approximate surface area is 132 Å². The molecule has 0 aromatic rings. The molecule has 6 heteroatoms. The van der Waals surface area contributed by atoms with E-state index in [1.165, 1.54) is 0 Å². The lowest BCUT2D eigenvalue weighted by Gasteiger charge is -2.27. The van der Waals surface area contributed by atoms with Crippen LogP contribution in [0.25, 0.3) is 0 Å². The number of thioether (sulfide) groups is 1. The Morgan fingerprint density at radius 3 is 2.61 bits per heavy atom. The van der Waals surface area contributed by atoms with Crippen LogP contribution in [0, 0.1) is 5.92 Å². The van der Waals surface area contributed by atoms with Crippen LogP contribution in [0.4, 0.5) is 0 Å². The van der Waals surface area contributed by atoms with Gasteiger partial charge in [0.15, 0.2) is 5.96 Å². The molecule has 4 nitrogen and oxygen atoms in total. The number of guanidine groups is 1. The fourth-order valence-electron chi connectivity index (χ4n) is 1.54. The summed E-state index contributed by atoms with van der Waals surface area (Å²) in [7, 11) is 0. The predicted molar refractivity (Wildman–Crippen MR) is 91.1 cm³/mol. The minimum absolute atomic E-state index is 0. The topological polar surface area (TPSA) is 50.9 Å². The van der Waals surface area contributed by atoms with Crippen molar-refractivity contribution in [3.05, 3.63) is 0 Å². The summed E-state index contributed by atoms with van der Waals surface area (Å²) in [5.41, 5.74) is 5.92. The second-order valence-electron chi connectivity index (χ2n) is 4.63. The summed E-state index contributed by atoms with van der Waals surface area (Å²) in [6.07, 6.45) is 1.11. The first-order valence-electron chi connectivity index (χ1n) is 6.40. The lowest BCUT2D eigenvalue weighted by Crippen LogP contribution is -2.42. The standard InChI is InChI=1S/C12H25N3OS.HI/c1-11(2)3-7-16-8-4-14-12(13)15-5-9-17-10-6-15;/h11H,3-10H2,1-2H3,(H2,13,14);1H. The van der Waals surface area contributed by atoms with Crippen molar-refractivity contribution in [1.82, 2.24) is 4.90 Å². The summed E-state index contributed by atoms with van der Waals surface area (Å²) in [4.78, 5) is 6.51. The van der Waals surface area contributed by atoms with Crippen LogP contribution in [0.5, 0.6) is 0 Å². The quantitative estimate of drug-likeness (QED) is 0.328. The highest BCUT2D eigenvalue weighted by atomic mass is 127. The van der Waals surface area contributed by atoms with E-state index in [0.717, 1.165) is 37.6 Å². The highest BCUT2D eigenvalue weighted by molar-refractivity contribution is 14.0. The summed E-state index contributed by atoms with van der Waals surface area (Å²) in [6, 6.07) is 0. The first kappa shape index (κ1) is 18.3. The summed E-state index contributed by atoms with van der Waals surface area (Å²) in [5.74, 6) is 3.69. The van der Waals surface area contributed by atoms with Crippen molar-refractivity contribution in [3.8, 4) is 0 Å². The van der Waals surface area contributed by atoms with Crippen LogP contribution >= 0.6 is 35.7 Å². The molecule has 0 aromatic heterocycles. The van der Waals surface area contributed by atoms with E-state index >= 15 is 0 Å². The van der Waals surface area contributed by atoms with E-state index in [-0.39, 0.29) is 24.0 Å². The van der Waals surface area contributed by atoms with E-state index in [0.29, 0.717) is 25.0 Å². The molecule has 0 unspecified atom stereocenters. The summed E-state index contributed by atoms with van der Waals surface area (Å²) < 4.78 is 5.50. The van der Waals surface area contributed by atoms with Gasteiger partial charge in [-0.3, -0.25) is 4.99 Å². The maximum atomic E-state index is 5.92. The van der Waals surface area contributed by atoms with Crippen molar-refractivity contribution in [2.24, 2.45) is 16.6 Å². The Balaban J connectivity index is 0.00000289. The van der Waals surface area contributed by atoms with Crippen LogP contribution in [-0.2, 0) is 4.74 Å². The van der Waals surface area contributed by atoms with Crippen LogP contribution in [0.2, 0.25) is 0 Å². The zero-order valence-electron chi connectivity index (χ0n) is 11.4. The molecule has 1 aliphatic rings. The number of hydrogen-bond acceptors (Lipinski definition) is 3. The first-order valence-corrected chi connectivity index (χ1v) is 7.56. The molecular formula is C12H26IN3OS. The molecule has 2 N–H and O–H groups in total. The SMILES string of the molecule is CC(C)CCOCCN=C(N)N1CCSCC1.I. The second-order valence-corrected chi connectivity index (χ2v) is 5.86. The van der Waals surface area contributed by atoms with Gasteiger partial charge in [0, 0.05) is 31.2 Å². The largest absolute Gasteiger partial charge is 0.380 e. The molecule has 0 amide bonds. The zero-order chi connectivity index (χ0) is 12.5. The number of nitrogens with zero attached hydrogens (tertiary/aromatic N) is 2. The molecule has 0 aromatic carbocycles. The van der Waals surface area contributed by atoms with Gasteiger partial charge >= 0.3 is 0 Å². The van der Waals surface area contributed by atoms with E-state index in [1.807, 2.05) is 11.8 Å². The van der Waals surface area contributed by atoms with E-state index < -0.39 is 0 Å². The molecule has 1 heterocycles. The number of ether oxygens (including phenoxy) is 1. The van der Waals surface area contributed by atoms with Crippen molar-refractivity contribution < 1.29 is 4.74 Å². The zero-order valence-corrected chi connectivity index (χ0v) is 14.6. The number of hydrogen-bond donors (Lipinski definition) is 1. The molecule has 1 rings (SSSR count). The van der Waals surface area contributed by atoms with Crippen molar-refractivity contribution in [2.45, 2.75) is 20.3 Å². The first-order chi connectivity index (χ1) is 8.20. The van der Waals surface area contributed by atoms with Crippen LogP contribution in [0.1, 0.15) is 20.3 Å². The summed E-state index contributed by atoms with van der Waals surface area (Å²) in [5, 5.41) is 0. The van der Waals surface area contributed by atoms with Gasteiger partial charge in [-0.2, -0.15) is 11.8 Å². The highest BCUT2D eigenvalue weighted by Gasteiger charge is 2.11. The van der Waals surface area contributed by atoms with E-state index in [4.69, 9.17) is 10.5 Å². The van der Waals surface area contributed by atoms with Crippen LogP contribution in [-0.4, -0.2) is 55.2 Å². The lowest BCUT2D eigenvalue weighted by atomic mass is 10.1. The van der Waals surface area contributed by atoms with Gasteiger partial charge in [-0.05, 0) is 12.3 Å². The Bertz CT molecular complexity index is 233. The van der Waals surface area contributed by atoms with E-state index in [1.54, 1.807) is 0 Å². The van der Waals surface area contributed by atoms with Gasteiger partial charge in [0.25, 0.3) is 0 Å². The molecule has 108 valence electrons. The van der Waals surface area contributed by atoms with Gasteiger partial charge in [-0.1, -0.05) is 13.8 Å². The molecule has 0 radical (unpaired) electrons. The maximum Gasteiger partial charge on any atom is 0.191 e. The van der Waals surface area contributed by atoms with E-state index in [2.05, 4.69) is 23.7 Å². The molecule has 1 aliphatic heterocycles. The van der Waals surface area contributed by atoms with Crippen molar-refractivity contribution >= 4 is 41.7 Å². The minimum atomic E-state index is 0. The molecule has 1 saturated heterocycles. The van der Waals surface area contributed by atoms with Crippen LogP contribution < -0.4 is 5.73 Å². The molecular weight excluding hydrogens is 361 g/mol. The van der Waals surface area contributed by atoms with Gasteiger partial charge in [0.05, 0.1) is 13.2 Å². The molecule has 0 aliphatic carbocycles. The molecule has 0 saturated carbocycles. The Morgan fingerprint density at radius 1 is 1.33 bits per heavy atom. The normalized spacial score (nSPS) is 16.8. The Morgan fingerprint density at radius 2 is 2.00 bits per heavy atom. The predicted octanol–water partition coefficient (Wildman–Crippen LogP) is 2.03. The summed E-state index contributed by atoms with van der Waals surface area (Å²) >= 11 is 1.98. The van der Waals surface area contributed by atoms with Gasteiger partial charge in [-0.25, -0.2) is 0 Å². The van der Waals surface area contributed by atoms with Gasteiger partial charge < -0.3 is 15.4 Å². The maximum absolute atomic E-state index is 5.92. The van der Waals surface area contributed by atoms with Gasteiger partial charge in [-0.15, -0.1) is 24.0 Å². The fraction of sp³-hybridized carbons (Fsp3) is 0.917. The lowest BCUT2D eigenvalue weighted by molar-refractivity contribution is 0.130. The average molecular weight is 387 g/mol. The Kier molecular flexibility index (Phi) is 11.4. The van der Waals surface area contributed by atoms with Gasteiger partial charge in [0.1, 0.15) is 0 Å². The molecule has 1 fully saturated rings. The number of rotatable bonds is 6. The van der Waals surface area contributed by atoms with Crippen molar-refractivity contribution in [3.63, 3.8) is 0 Å². The number of nitrogens with two attached hydrogens (primary N) is 1. The Hall–Kier alpha value is 0.310. The minimum Gasteiger partial charge on any atom is -0.380 e.